The molecule has 0 aromatic carbocycles. The molecular weight excluding hydrogens is 300 g/mol. The lowest BCUT2D eigenvalue weighted by Crippen LogP contribution is -2.49. The predicted molar refractivity (Wildman–Crippen MR) is 84.7 cm³/mol. The highest BCUT2D eigenvalue weighted by molar-refractivity contribution is 5.85. The van der Waals surface area contributed by atoms with Gasteiger partial charge in [0.05, 0.1) is 13.2 Å². The summed E-state index contributed by atoms with van der Waals surface area (Å²) in [5.41, 5.74) is -0.765. The average molecular weight is 326 g/mol. The van der Waals surface area contributed by atoms with E-state index in [1.807, 2.05) is 20.8 Å². The van der Waals surface area contributed by atoms with Gasteiger partial charge in [-0.25, -0.2) is 9.59 Å². The Morgan fingerprint density at radius 3 is 2.39 bits per heavy atom. The Kier molecular flexibility index (Phi) is 6.53. The monoisotopic (exact) mass is 326 g/mol. The quantitative estimate of drug-likeness (QED) is 0.545. The number of hydrogen-bond donors (Lipinski definition) is 1. The van der Waals surface area contributed by atoms with Gasteiger partial charge < -0.3 is 19.3 Å². The second-order valence-corrected chi connectivity index (χ2v) is 6.69. The molecule has 1 heterocycles. The van der Waals surface area contributed by atoms with Gasteiger partial charge in [-0.05, 0) is 12.8 Å². The Bertz CT molecular complexity index is 471. The van der Waals surface area contributed by atoms with Gasteiger partial charge >= 0.3 is 11.9 Å². The summed E-state index contributed by atoms with van der Waals surface area (Å²) in [5.74, 6) is -1.49. The second-order valence-electron chi connectivity index (χ2n) is 6.69. The third kappa shape index (κ3) is 5.18. The highest BCUT2D eigenvalue weighted by atomic mass is 16.7. The minimum atomic E-state index is -1.00. The molecule has 1 fully saturated rings. The zero-order valence-corrected chi connectivity index (χ0v) is 14.1. The molecule has 0 saturated carbocycles. The van der Waals surface area contributed by atoms with E-state index in [1.165, 1.54) is 0 Å². The van der Waals surface area contributed by atoms with Gasteiger partial charge in [-0.2, -0.15) is 0 Å². The Morgan fingerprint density at radius 1 is 1.39 bits per heavy atom. The first-order valence-corrected chi connectivity index (χ1v) is 7.59. The summed E-state index contributed by atoms with van der Waals surface area (Å²) < 4.78 is 16.7. The minimum absolute atomic E-state index is 0.142. The van der Waals surface area contributed by atoms with Crippen molar-refractivity contribution in [2.24, 2.45) is 10.8 Å². The summed E-state index contributed by atoms with van der Waals surface area (Å²) in [5, 5.41) is 9.01. The van der Waals surface area contributed by atoms with Crippen molar-refractivity contribution in [3.8, 4) is 0 Å². The molecule has 6 nitrogen and oxygen atoms in total. The van der Waals surface area contributed by atoms with Gasteiger partial charge in [0, 0.05) is 22.5 Å². The Hall–Kier alpha value is -1.66. The van der Waals surface area contributed by atoms with Gasteiger partial charge in [0.25, 0.3) is 0 Å². The van der Waals surface area contributed by atoms with Crippen LogP contribution < -0.4 is 0 Å². The average Bonchev–Trinajstić information content (AvgIpc) is 2.52. The van der Waals surface area contributed by atoms with E-state index in [-0.39, 0.29) is 17.6 Å². The first-order valence-electron chi connectivity index (χ1n) is 7.59. The van der Waals surface area contributed by atoms with Crippen LogP contribution in [0.4, 0.5) is 0 Å². The molecule has 6 heteroatoms. The molecule has 0 atom stereocenters. The molecule has 0 radical (unpaired) electrons. The standard InChI is InChI=1S/C17H26O6/c1-6-13(18)21-9-16(4,5)15-22-10-17(7-2,11-23-15)8-12(3)14(19)20/h6,15H,1,3,7-11H2,2,4-5H3,(H,19,20). The molecule has 1 aliphatic rings. The molecule has 0 spiro atoms. The van der Waals surface area contributed by atoms with Gasteiger partial charge in [0.1, 0.15) is 6.61 Å². The number of rotatable bonds is 8. The molecule has 1 saturated heterocycles. The molecule has 0 aromatic rings. The Labute approximate surface area is 137 Å². The van der Waals surface area contributed by atoms with E-state index in [2.05, 4.69) is 13.2 Å². The zero-order chi connectivity index (χ0) is 17.7. The molecule has 1 N–H and O–H groups in total. The maximum atomic E-state index is 11.2. The van der Waals surface area contributed by atoms with E-state index in [4.69, 9.17) is 19.3 Å². The topological polar surface area (TPSA) is 82.1 Å². The largest absolute Gasteiger partial charge is 0.478 e. The SMILES string of the molecule is C=CC(=O)OCC(C)(C)C1OCC(CC)(CC(=C)C(=O)O)CO1. The number of ether oxygens (including phenoxy) is 3. The van der Waals surface area contributed by atoms with E-state index < -0.39 is 23.6 Å². The summed E-state index contributed by atoms with van der Waals surface area (Å²) in [6.45, 7) is 13.6. The fraction of sp³-hybridized carbons (Fsp3) is 0.647. The Balaban J connectivity index is 2.64. The third-order valence-electron chi connectivity index (χ3n) is 4.11. The molecule has 0 unspecified atom stereocenters. The molecule has 1 aliphatic heterocycles. The van der Waals surface area contributed by atoms with Gasteiger partial charge in [-0.15, -0.1) is 0 Å². The van der Waals surface area contributed by atoms with Crippen molar-refractivity contribution in [3.63, 3.8) is 0 Å². The lowest BCUT2D eigenvalue weighted by atomic mass is 9.79. The highest BCUT2D eigenvalue weighted by Crippen LogP contribution is 2.38. The van der Waals surface area contributed by atoms with Crippen molar-refractivity contribution in [2.45, 2.75) is 39.9 Å². The van der Waals surface area contributed by atoms with Crippen LogP contribution in [0.5, 0.6) is 0 Å². The molecule has 0 bridgehead atoms. The van der Waals surface area contributed by atoms with Crippen LogP contribution in [0.25, 0.3) is 0 Å². The fourth-order valence-electron chi connectivity index (χ4n) is 2.39. The number of carboxylic acids is 1. The number of esters is 1. The summed E-state index contributed by atoms with van der Waals surface area (Å²) in [7, 11) is 0. The molecule has 0 amide bonds. The van der Waals surface area contributed by atoms with Crippen LogP contribution in [0.1, 0.15) is 33.6 Å². The zero-order valence-electron chi connectivity index (χ0n) is 14.1. The Morgan fingerprint density at radius 2 is 1.96 bits per heavy atom. The molecule has 23 heavy (non-hydrogen) atoms. The van der Waals surface area contributed by atoms with Gasteiger partial charge in [0.15, 0.2) is 6.29 Å². The first-order chi connectivity index (χ1) is 10.7. The number of carboxylic acid groups (broad SMARTS) is 1. The van der Waals surface area contributed by atoms with Crippen LogP contribution in [-0.4, -0.2) is 43.2 Å². The van der Waals surface area contributed by atoms with Crippen LogP contribution in [0.2, 0.25) is 0 Å². The van der Waals surface area contributed by atoms with Crippen LogP contribution >= 0.6 is 0 Å². The summed E-state index contributed by atoms with van der Waals surface area (Å²) >= 11 is 0. The normalized spacial score (nSPS) is 24.7. The smallest absolute Gasteiger partial charge is 0.330 e. The van der Waals surface area contributed by atoms with Crippen LogP contribution in [0.3, 0.4) is 0 Å². The molecule has 0 aromatic heterocycles. The van der Waals surface area contributed by atoms with E-state index >= 15 is 0 Å². The highest BCUT2D eigenvalue weighted by Gasteiger charge is 2.42. The van der Waals surface area contributed by atoms with Crippen LogP contribution in [0, 0.1) is 10.8 Å². The maximum Gasteiger partial charge on any atom is 0.330 e. The number of carbonyl (C=O) groups excluding carboxylic acids is 1. The van der Waals surface area contributed by atoms with Gasteiger partial charge in [-0.1, -0.05) is 33.9 Å². The number of carbonyl (C=O) groups is 2. The summed E-state index contributed by atoms with van der Waals surface area (Å²) in [6, 6.07) is 0. The van der Waals surface area contributed by atoms with Crippen molar-refractivity contribution in [2.75, 3.05) is 19.8 Å². The molecular formula is C17H26O6. The van der Waals surface area contributed by atoms with Gasteiger partial charge in [0.2, 0.25) is 0 Å². The third-order valence-corrected chi connectivity index (χ3v) is 4.11. The lowest BCUT2D eigenvalue weighted by Gasteiger charge is -2.44. The summed E-state index contributed by atoms with van der Waals surface area (Å²) in [6.07, 6.45) is 1.62. The maximum absolute atomic E-state index is 11.2. The van der Waals surface area contributed by atoms with E-state index in [9.17, 15) is 9.59 Å². The molecule has 0 aliphatic carbocycles. The van der Waals surface area contributed by atoms with E-state index in [0.29, 0.717) is 19.6 Å². The van der Waals surface area contributed by atoms with Crippen molar-refractivity contribution < 1.29 is 28.9 Å². The molecule has 130 valence electrons. The van der Waals surface area contributed by atoms with Crippen molar-refractivity contribution in [1.82, 2.24) is 0 Å². The predicted octanol–water partition coefficient (Wildman–Crippen LogP) is 2.54. The van der Waals surface area contributed by atoms with E-state index in [1.54, 1.807) is 0 Å². The number of hydrogen-bond acceptors (Lipinski definition) is 5. The van der Waals surface area contributed by atoms with Crippen LogP contribution in [0.15, 0.2) is 24.8 Å². The van der Waals surface area contributed by atoms with Crippen molar-refractivity contribution in [3.05, 3.63) is 24.8 Å². The number of aliphatic carboxylic acids is 1. The lowest BCUT2D eigenvalue weighted by molar-refractivity contribution is -0.275. The molecule has 1 rings (SSSR count). The summed E-state index contributed by atoms with van der Waals surface area (Å²) in [4.78, 5) is 22.2. The minimum Gasteiger partial charge on any atom is -0.478 e. The van der Waals surface area contributed by atoms with Crippen molar-refractivity contribution in [1.29, 1.82) is 0 Å². The van der Waals surface area contributed by atoms with E-state index in [0.717, 1.165) is 12.5 Å². The second kappa shape index (κ2) is 7.75. The van der Waals surface area contributed by atoms with Gasteiger partial charge in [-0.3, -0.25) is 0 Å². The fourth-order valence-corrected chi connectivity index (χ4v) is 2.39. The van der Waals surface area contributed by atoms with Crippen molar-refractivity contribution >= 4 is 11.9 Å². The van der Waals surface area contributed by atoms with Crippen LogP contribution in [-0.2, 0) is 23.8 Å². The first kappa shape index (κ1) is 19.4.